The molecule has 0 heterocycles. The zero-order valence-electron chi connectivity index (χ0n) is 11.5. The van der Waals surface area contributed by atoms with Gasteiger partial charge in [0.15, 0.2) is 0 Å². The van der Waals surface area contributed by atoms with Gasteiger partial charge in [0.05, 0.1) is 5.60 Å². The highest BCUT2D eigenvalue weighted by molar-refractivity contribution is 5.28. The predicted molar refractivity (Wildman–Crippen MR) is 73.1 cm³/mol. The molecule has 17 heavy (non-hydrogen) atoms. The van der Waals surface area contributed by atoms with Gasteiger partial charge >= 0.3 is 0 Å². The fourth-order valence-corrected chi connectivity index (χ4v) is 1.86. The molecule has 0 spiro atoms. The molecule has 0 aliphatic carbocycles. The Morgan fingerprint density at radius 1 is 1.35 bits per heavy atom. The smallest absolute Gasteiger partial charge is 0.0992 e. The van der Waals surface area contributed by atoms with Crippen LogP contribution in [0, 0.1) is 0 Å². The van der Waals surface area contributed by atoms with E-state index in [2.05, 4.69) is 38.2 Å². The Morgan fingerprint density at radius 3 is 2.65 bits per heavy atom. The molecule has 1 rings (SSSR count). The summed E-state index contributed by atoms with van der Waals surface area (Å²) in [7, 11) is 0. The summed E-state index contributed by atoms with van der Waals surface area (Å²) in [4.78, 5) is 0. The lowest BCUT2D eigenvalue weighted by Gasteiger charge is -2.26. The minimum Gasteiger partial charge on any atom is -0.384 e. The fraction of sp³-hybridized carbons (Fsp3) is 0.600. The maximum Gasteiger partial charge on any atom is 0.0992 e. The molecule has 1 atom stereocenters. The summed E-state index contributed by atoms with van der Waals surface area (Å²) in [5.41, 5.74) is 1.50. The zero-order chi connectivity index (χ0) is 12.9. The van der Waals surface area contributed by atoms with E-state index in [1.54, 1.807) is 0 Å². The summed E-state index contributed by atoms with van der Waals surface area (Å²) in [6.45, 7) is 8.80. The van der Waals surface area contributed by atoms with Crippen LogP contribution in [0.25, 0.3) is 0 Å². The lowest BCUT2D eigenvalue weighted by Crippen LogP contribution is -2.38. The van der Waals surface area contributed by atoms with E-state index in [9.17, 15) is 5.11 Å². The van der Waals surface area contributed by atoms with E-state index in [0.717, 1.165) is 18.4 Å². The van der Waals surface area contributed by atoms with Crippen molar-refractivity contribution in [3.63, 3.8) is 0 Å². The predicted octanol–water partition coefficient (Wildman–Crippen LogP) is 2.84. The van der Waals surface area contributed by atoms with Crippen molar-refractivity contribution in [1.82, 2.24) is 5.32 Å². The number of benzene rings is 1. The minimum absolute atomic E-state index is 0.389. The quantitative estimate of drug-likeness (QED) is 0.794. The second-order valence-corrected chi connectivity index (χ2v) is 5.26. The molecular weight excluding hydrogens is 210 g/mol. The largest absolute Gasteiger partial charge is 0.384 e. The van der Waals surface area contributed by atoms with Gasteiger partial charge in [0.25, 0.3) is 0 Å². The average molecular weight is 235 g/mol. The summed E-state index contributed by atoms with van der Waals surface area (Å²) in [6, 6.07) is 8.66. The Labute approximate surface area is 105 Å². The molecule has 0 amide bonds. The SMILES string of the molecule is CCCc1cccc(C(C)(O)CNC(C)C)c1. The van der Waals surface area contributed by atoms with Crippen LogP contribution < -0.4 is 5.32 Å². The monoisotopic (exact) mass is 235 g/mol. The van der Waals surface area contributed by atoms with Crippen LogP contribution in [-0.2, 0) is 12.0 Å². The highest BCUT2D eigenvalue weighted by Crippen LogP contribution is 2.21. The molecule has 1 unspecified atom stereocenters. The Morgan fingerprint density at radius 2 is 2.06 bits per heavy atom. The molecule has 2 nitrogen and oxygen atoms in total. The standard InChI is InChI=1S/C15H25NO/c1-5-7-13-8-6-9-14(10-13)15(4,17)11-16-12(2)3/h6,8-10,12,16-17H,5,7,11H2,1-4H3. The summed E-state index contributed by atoms with van der Waals surface area (Å²) in [5.74, 6) is 0. The topological polar surface area (TPSA) is 32.3 Å². The second kappa shape index (κ2) is 6.18. The van der Waals surface area contributed by atoms with Gasteiger partial charge in [-0.25, -0.2) is 0 Å². The van der Waals surface area contributed by atoms with Crippen molar-refractivity contribution in [1.29, 1.82) is 0 Å². The van der Waals surface area contributed by atoms with Gasteiger partial charge < -0.3 is 10.4 Å². The number of rotatable bonds is 6. The van der Waals surface area contributed by atoms with Gasteiger partial charge in [0.2, 0.25) is 0 Å². The Balaban J connectivity index is 2.78. The minimum atomic E-state index is -0.798. The van der Waals surface area contributed by atoms with E-state index < -0.39 is 5.60 Å². The molecule has 0 aliphatic rings. The summed E-state index contributed by atoms with van der Waals surface area (Å²) < 4.78 is 0. The summed E-state index contributed by atoms with van der Waals surface area (Å²) >= 11 is 0. The van der Waals surface area contributed by atoms with Crippen LogP contribution in [0.1, 0.15) is 45.2 Å². The number of hydrogen-bond acceptors (Lipinski definition) is 2. The van der Waals surface area contributed by atoms with Crippen molar-refractivity contribution in [3.05, 3.63) is 35.4 Å². The van der Waals surface area contributed by atoms with Crippen LogP contribution in [0.4, 0.5) is 0 Å². The third kappa shape index (κ3) is 4.49. The lowest BCUT2D eigenvalue weighted by atomic mass is 9.93. The van der Waals surface area contributed by atoms with Crippen molar-refractivity contribution < 1.29 is 5.11 Å². The molecule has 96 valence electrons. The first-order chi connectivity index (χ1) is 7.95. The Bertz CT molecular complexity index is 345. The molecule has 2 N–H and O–H groups in total. The van der Waals surface area contributed by atoms with Crippen LogP contribution in [0.15, 0.2) is 24.3 Å². The van der Waals surface area contributed by atoms with E-state index >= 15 is 0 Å². The van der Waals surface area contributed by atoms with Crippen LogP contribution in [0.3, 0.4) is 0 Å². The molecule has 0 bridgehead atoms. The first kappa shape index (κ1) is 14.2. The van der Waals surface area contributed by atoms with Crippen molar-refractivity contribution in [2.45, 2.75) is 52.2 Å². The highest BCUT2D eigenvalue weighted by atomic mass is 16.3. The van der Waals surface area contributed by atoms with Crippen molar-refractivity contribution in [2.75, 3.05) is 6.54 Å². The molecule has 1 aromatic rings. The van der Waals surface area contributed by atoms with Gasteiger partial charge in [-0.2, -0.15) is 0 Å². The van der Waals surface area contributed by atoms with Gasteiger partial charge in [-0.1, -0.05) is 51.5 Å². The van der Waals surface area contributed by atoms with Gasteiger partial charge in [0.1, 0.15) is 0 Å². The van der Waals surface area contributed by atoms with E-state index in [4.69, 9.17) is 0 Å². The number of nitrogens with one attached hydrogen (secondary N) is 1. The molecular formula is C15H25NO. The normalized spacial score (nSPS) is 14.9. The van der Waals surface area contributed by atoms with Crippen molar-refractivity contribution in [2.24, 2.45) is 0 Å². The molecule has 0 saturated heterocycles. The van der Waals surface area contributed by atoms with E-state index in [1.165, 1.54) is 5.56 Å². The van der Waals surface area contributed by atoms with E-state index in [1.807, 2.05) is 19.1 Å². The second-order valence-electron chi connectivity index (χ2n) is 5.26. The third-order valence-electron chi connectivity index (χ3n) is 2.94. The molecule has 0 fully saturated rings. The van der Waals surface area contributed by atoms with Crippen LogP contribution in [-0.4, -0.2) is 17.7 Å². The van der Waals surface area contributed by atoms with Crippen molar-refractivity contribution >= 4 is 0 Å². The summed E-state index contributed by atoms with van der Waals surface area (Å²) in [5, 5.41) is 13.8. The van der Waals surface area contributed by atoms with Gasteiger partial charge in [-0.15, -0.1) is 0 Å². The van der Waals surface area contributed by atoms with E-state index in [0.29, 0.717) is 12.6 Å². The van der Waals surface area contributed by atoms with Crippen molar-refractivity contribution in [3.8, 4) is 0 Å². The number of aliphatic hydroxyl groups is 1. The van der Waals surface area contributed by atoms with Crippen LogP contribution >= 0.6 is 0 Å². The molecule has 1 aromatic carbocycles. The molecule has 2 heteroatoms. The Hall–Kier alpha value is -0.860. The summed E-state index contributed by atoms with van der Waals surface area (Å²) in [6.07, 6.45) is 2.21. The first-order valence-corrected chi connectivity index (χ1v) is 6.51. The number of aryl methyl sites for hydroxylation is 1. The van der Waals surface area contributed by atoms with Gasteiger partial charge in [-0.05, 0) is 24.5 Å². The fourth-order valence-electron chi connectivity index (χ4n) is 1.86. The number of hydrogen-bond donors (Lipinski definition) is 2. The molecule has 0 radical (unpaired) electrons. The molecule has 0 aliphatic heterocycles. The third-order valence-corrected chi connectivity index (χ3v) is 2.94. The lowest BCUT2D eigenvalue weighted by molar-refractivity contribution is 0.0549. The maximum absolute atomic E-state index is 10.5. The highest BCUT2D eigenvalue weighted by Gasteiger charge is 2.23. The average Bonchev–Trinajstić information content (AvgIpc) is 2.27. The van der Waals surface area contributed by atoms with Crippen LogP contribution in [0.5, 0.6) is 0 Å². The first-order valence-electron chi connectivity index (χ1n) is 6.51. The molecule has 0 aromatic heterocycles. The maximum atomic E-state index is 10.5. The van der Waals surface area contributed by atoms with Gasteiger partial charge in [-0.3, -0.25) is 0 Å². The molecule has 0 saturated carbocycles. The van der Waals surface area contributed by atoms with Gasteiger partial charge in [0, 0.05) is 12.6 Å². The Kier molecular flexibility index (Phi) is 5.16. The zero-order valence-corrected chi connectivity index (χ0v) is 11.5. The van der Waals surface area contributed by atoms with Crippen LogP contribution in [0.2, 0.25) is 0 Å². The van der Waals surface area contributed by atoms with E-state index in [-0.39, 0.29) is 0 Å².